The van der Waals surface area contributed by atoms with Gasteiger partial charge in [-0.05, 0) is 66.5 Å². The molecule has 0 saturated carbocycles. The fraction of sp³-hybridized carbons (Fsp3) is 0.444. The fourth-order valence-electron chi connectivity index (χ4n) is 5.30. The fourth-order valence-corrected chi connectivity index (χ4v) is 5.30. The van der Waals surface area contributed by atoms with E-state index in [1.54, 1.807) is 4.90 Å². The number of nitrogens with zero attached hydrogens (tertiary/aromatic N) is 1. The van der Waals surface area contributed by atoms with Crippen molar-refractivity contribution in [1.82, 2.24) is 10.2 Å². The Morgan fingerprint density at radius 1 is 1.15 bits per heavy atom. The smallest absolute Gasteiger partial charge is 0.304 e. The zero-order valence-electron chi connectivity index (χ0n) is 19.6. The first kappa shape index (κ1) is 24.0. The Balaban J connectivity index is 1.43. The van der Waals surface area contributed by atoms with Gasteiger partial charge in [-0.25, -0.2) is 0 Å². The normalized spacial score (nSPS) is 22.5. The van der Waals surface area contributed by atoms with E-state index < -0.39 is 11.9 Å². The summed E-state index contributed by atoms with van der Waals surface area (Å²) in [4.78, 5) is 39.0. The molecule has 7 heteroatoms. The van der Waals surface area contributed by atoms with E-state index in [1.165, 1.54) is 11.1 Å². The zero-order chi connectivity index (χ0) is 24.2. The second-order valence-electron chi connectivity index (χ2n) is 9.69. The molecule has 7 nitrogen and oxygen atoms in total. The van der Waals surface area contributed by atoms with E-state index in [9.17, 15) is 19.5 Å². The lowest BCUT2D eigenvalue weighted by molar-refractivity contribution is -0.142. The lowest BCUT2D eigenvalue weighted by Crippen LogP contribution is -2.43. The van der Waals surface area contributed by atoms with Crippen LogP contribution < -0.4 is 11.1 Å². The Labute approximate surface area is 200 Å². The first-order valence-corrected chi connectivity index (χ1v) is 12.0. The number of carbonyl (C=O) groups is 3. The first-order valence-electron chi connectivity index (χ1n) is 12.0. The summed E-state index contributed by atoms with van der Waals surface area (Å²) in [5.74, 6) is -1.33. The van der Waals surface area contributed by atoms with Crippen molar-refractivity contribution in [3.05, 3.63) is 70.8 Å². The molecule has 2 aliphatic rings. The van der Waals surface area contributed by atoms with Crippen molar-refractivity contribution in [2.24, 2.45) is 17.6 Å². The molecule has 0 spiro atoms. The monoisotopic (exact) mass is 463 g/mol. The molecule has 1 aliphatic carbocycles. The predicted molar refractivity (Wildman–Crippen MR) is 129 cm³/mol. The molecule has 4 atom stereocenters. The van der Waals surface area contributed by atoms with Crippen LogP contribution in [-0.2, 0) is 22.4 Å². The number of hydrogen-bond donors (Lipinski definition) is 3. The Kier molecular flexibility index (Phi) is 7.32. The minimum Gasteiger partial charge on any atom is -0.481 e. The van der Waals surface area contributed by atoms with Crippen molar-refractivity contribution in [3.63, 3.8) is 0 Å². The third kappa shape index (κ3) is 5.30. The van der Waals surface area contributed by atoms with Gasteiger partial charge in [-0.15, -0.1) is 0 Å². The van der Waals surface area contributed by atoms with Gasteiger partial charge in [-0.3, -0.25) is 14.4 Å². The summed E-state index contributed by atoms with van der Waals surface area (Å²) >= 11 is 0. The Bertz CT molecular complexity index is 1060. The number of carbonyl (C=O) groups excluding carboxylic acids is 2. The lowest BCUT2D eigenvalue weighted by Gasteiger charge is -2.28. The molecule has 0 aromatic heterocycles. The van der Waals surface area contributed by atoms with Gasteiger partial charge in [0.25, 0.3) is 5.91 Å². The average molecular weight is 464 g/mol. The highest BCUT2D eigenvalue weighted by molar-refractivity contribution is 5.94. The number of rotatable bonds is 9. The molecular formula is C27H33N3O4. The molecule has 0 bridgehead atoms. The van der Waals surface area contributed by atoms with Crippen LogP contribution in [0, 0.1) is 11.8 Å². The number of benzene rings is 2. The summed E-state index contributed by atoms with van der Waals surface area (Å²) in [7, 11) is 0. The molecule has 1 saturated heterocycles. The van der Waals surface area contributed by atoms with Gasteiger partial charge in [0.15, 0.2) is 0 Å². The predicted octanol–water partition coefficient (Wildman–Crippen LogP) is 2.59. The largest absolute Gasteiger partial charge is 0.481 e. The van der Waals surface area contributed by atoms with Crippen molar-refractivity contribution in [2.45, 2.75) is 44.6 Å². The van der Waals surface area contributed by atoms with Crippen LogP contribution in [0.2, 0.25) is 0 Å². The Hall–Kier alpha value is -3.19. The minimum atomic E-state index is -0.979. The molecule has 4 rings (SSSR count). The van der Waals surface area contributed by atoms with Gasteiger partial charge in [-0.1, -0.05) is 43.3 Å². The van der Waals surface area contributed by atoms with Crippen LogP contribution in [0.25, 0.3) is 0 Å². The van der Waals surface area contributed by atoms with E-state index >= 15 is 0 Å². The molecule has 2 unspecified atom stereocenters. The summed E-state index contributed by atoms with van der Waals surface area (Å²) < 4.78 is 0. The molecule has 1 aliphatic heterocycles. The number of fused-ring (bicyclic) bond motifs is 1. The van der Waals surface area contributed by atoms with Crippen LogP contribution in [0.4, 0.5) is 0 Å². The quantitative estimate of drug-likeness (QED) is 0.529. The summed E-state index contributed by atoms with van der Waals surface area (Å²) in [6, 6.07) is 15.5. The highest BCUT2D eigenvalue weighted by atomic mass is 16.4. The van der Waals surface area contributed by atoms with E-state index in [1.807, 2.05) is 48.5 Å². The second kappa shape index (κ2) is 10.4. The maximum atomic E-state index is 13.1. The van der Waals surface area contributed by atoms with Crippen LogP contribution in [0.3, 0.4) is 0 Å². The molecule has 2 aromatic carbocycles. The Morgan fingerprint density at radius 3 is 2.59 bits per heavy atom. The summed E-state index contributed by atoms with van der Waals surface area (Å²) in [5, 5.41) is 12.2. The van der Waals surface area contributed by atoms with Gasteiger partial charge in [0.05, 0.1) is 12.3 Å². The number of amides is 2. The van der Waals surface area contributed by atoms with Gasteiger partial charge in [0.1, 0.15) is 0 Å². The van der Waals surface area contributed by atoms with Gasteiger partial charge >= 0.3 is 5.97 Å². The maximum absolute atomic E-state index is 13.1. The topological polar surface area (TPSA) is 113 Å². The minimum absolute atomic E-state index is 0.0964. The maximum Gasteiger partial charge on any atom is 0.304 e. The van der Waals surface area contributed by atoms with Crippen molar-refractivity contribution in [3.8, 4) is 0 Å². The van der Waals surface area contributed by atoms with Gasteiger partial charge in [0, 0.05) is 24.7 Å². The van der Waals surface area contributed by atoms with Gasteiger partial charge < -0.3 is 21.1 Å². The van der Waals surface area contributed by atoms with E-state index in [0.29, 0.717) is 37.5 Å². The molecule has 4 N–H and O–H groups in total. The van der Waals surface area contributed by atoms with E-state index in [4.69, 9.17) is 5.73 Å². The van der Waals surface area contributed by atoms with Crippen LogP contribution in [0.15, 0.2) is 48.5 Å². The molecule has 1 fully saturated rings. The third-order valence-electron chi connectivity index (χ3n) is 7.21. The number of nitrogens with one attached hydrogen (secondary N) is 1. The van der Waals surface area contributed by atoms with Crippen LogP contribution in [0.1, 0.15) is 52.7 Å². The SMILES string of the molecule is CC(CN1C(=O)[C@H](CC(=O)O)C[C@H]1CNC(=O)c1ccc2c(c1)CC(CN)C2)c1ccccc1. The number of carboxylic acid groups (broad SMARTS) is 1. The van der Waals surface area contributed by atoms with Crippen molar-refractivity contribution >= 4 is 17.8 Å². The van der Waals surface area contributed by atoms with Crippen LogP contribution in [-0.4, -0.2) is 53.5 Å². The highest BCUT2D eigenvalue weighted by Gasteiger charge is 2.41. The van der Waals surface area contributed by atoms with Crippen LogP contribution in [0.5, 0.6) is 0 Å². The molecule has 1 heterocycles. The molecule has 0 radical (unpaired) electrons. The van der Waals surface area contributed by atoms with Gasteiger partial charge in [-0.2, -0.15) is 0 Å². The summed E-state index contributed by atoms with van der Waals surface area (Å²) in [6.07, 6.45) is 2.09. The van der Waals surface area contributed by atoms with E-state index in [0.717, 1.165) is 18.4 Å². The molecule has 180 valence electrons. The van der Waals surface area contributed by atoms with Crippen molar-refractivity contribution in [1.29, 1.82) is 0 Å². The zero-order valence-corrected chi connectivity index (χ0v) is 19.6. The number of hydrogen-bond acceptors (Lipinski definition) is 4. The standard InChI is InChI=1S/C27H33N3O4/c1-17(19-5-3-2-4-6-19)16-30-24(12-23(27(30)34)13-25(31)32)15-29-26(33)21-8-7-20-9-18(14-28)10-22(20)11-21/h2-8,11,17-18,23-24H,9-10,12-16,28H2,1H3,(H,29,33)(H,31,32)/t17?,18?,23-,24-/m0/s1. The molecule has 34 heavy (non-hydrogen) atoms. The van der Waals surface area contributed by atoms with E-state index in [-0.39, 0.29) is 30.2 Å². The number of aliphatic carboxylic acids is 1. The van der Waals surface area contributed by atoms with E-state index in [2.05, 4.69) is 12.2 Å². The number of likely N-dealkylation sites (tertiary alicyclic amines) is 1. The molecular weight excluding hydrogens is 430 g/mol. The highest BCUT2D eigenvalue weighted by Crippen LogP contribution is 2.30. The first-order chi connectivity index (χ1) is 16.4. The van der Waals surface area contributed by atoms with Gasteiger partial charge in [0.2, 0.25) is 5.91 Å². The summed E-state index contributed by atoms with van der Waals surface area (Å²) in [5.41, 5.74) is 9.98. The van der Waals surface area contributed by atoms with Crippen molar-refractivity contribution < 1.29 is 19.5 Å². The third-order valence-corrected chi connectivity index (χ3v) is 7.21. The lowest BCUT2D eigenvalue weighted by atomic mass is 10.0. The number of nitrogens with two attached hydrogens (primary N) is 1. The average Bonchev–Trinajstić information content (AvgIpc) is 3.38. The molecule has 2 aromatic rings. The number of carboxylic acids is 1. The summed E-state index contributed by atoms with van der Waals surface area (Å²) in [6.45, 7) is 3.48. The molecule has 2 amide bonds. The second-order valence-corrected chi connectivity index (χ2v) is 9.69. The van der Waals surface area contributed by atoms with Crippen molar-refractivity contribution in [2.75, 3.05) is 19.6 Å². The van der Waals surface area contributed by atoms with Crippen LogP contribution >= 0.6 is 0 Å². The Morgan fingerprint density at radius 2 is 1.88 bits per heavy atom.